The largest absolute Gasteiger partial charge is 0.478 e. The molecule has 0 aliphatic carbocycles. The van der Waals surface area contributed by atoms with E-state index in [0.717, 1.165) is 6.20 Å². The van der Waals surface area contributed by atoms with Gasteiger partial charge < -0.3 is 5.11 Å². The number of halogens is 2. The zero-order valence-corrected chi connectivity index (χ0v) is 8.52. The Morgan fingerprint density at radius 1 is 1.24 bits per heavy atom. The molecule has 0 amide bonds. The quantitative estimate of drug-likeness (QED) is 0.870. The van der Waals surface area contributed by atoms with Gasteiger partial charge in [-0.15, -0.1) is 0 Å². The third-order valence-electron chi connectivity index (χ3n) is 2.22. The van der Waals surface area contributed by atoms with E-state index in [2.05, 4.69) is 4.98 Å². The highest BCUT2D eigenvalue weighted by molar-refractivity contribution is 5.95. The normalized spacial score (nSPS) is 10.2. The minimum Gasteiger partial charge on any atom is -0.478 e. The summed E-state index contributed by atoms with van der Waals surface area (Å²) in [7, 11) is 0. The van der Waals surface area contributed by atoms with Crippen LogP contribution < -0.4 is 0 Å². The fraction of sp³-hybridized carbons (Fsp3) is 0. The van der Waals surface area contributed by atoms with Crippen LogP contribution in [0, 0.1) is 11.6 Å². The maximum absolute atomic E-state index is 13.5. The Kier molecular flexibility index (Phi) is 2.82. The lowest BCUT2D eigenvalue weighted by molar-refractivity contribution is 0.0697. The molecule has 2 aromatic rings. The zero-order chi connectivity index (χ0) is 12.4. The summed E-state index contributed by atoms with van der Waals surface area (Å²) in [6.45, 7) is 0. The van der Waals surface area contributed by atoms with Crippen molar-refractivity contribution in [2.45, 2.75) is 0 Å². The third-order valence-corrected chi connectivity index (χ3v) is 2.22. The van der Waals surface area contributed by atoms with E-state index in [4.69, 9.17) is 5.11 Å². The van der Waals surface area contributed by atoms with Crippen LogP contribution in [-0.2, 0) is 0 Å². The van der Waals surface area contributed by atoms with E-state index in [1.54, 1.807) is 6.07 Å². The van der Waals surface area contributed by atoms with Crippen molar-refractivity contribution >= 4 is 5.97 Å². The molecule has 0 aliphatic rings. The molecule has 0 bridgehead atoms. The first-order valence-corrected chi connectivity index (χ1v) is 4.73. The van der Waals surface area contributed by atoms with Gasteiger partial charge in [0.15, 0.2) is 5.82 Å². The highest BCUT2D eigenvalue weighted by atomic mass is 19.1. The van der Waals surface area contributed by atoms with Gasteiger partial charge in [0.25, 0.3) is 0 Å². The smallest absolute Gasteiger partial charge is 0.336 e. The molecule has 0 spiro atoms. The first-order valence-electron chi connectivity index (χ1n) is 4.73. The van der Waals surface area contributed by atoms with Crippen LogP contribution in [0.4, 0.5) is 8.78 Å². The lowest BCUT2D eigenvalue weighted by Gasteiger charge is -2.05. The molecular formula is C12H7F2NO2. The molecule has 1 heterocycles. The van der Waals surface area contributed by atoms with Gasteiger partial charge in [0, 0.05) is 11.6 Å². The number of nitrogens with zero attached hydrogens (tertiary/aromatic N) is 1. The maximum Gasteiger partial charge on any atom is 0.336 e. The average Bonchev–Trinajstić information content (AvgIpc) is 2.29. The first-order chi connectivity index (χ1) is 8.09. The second-order valence-corrected chi connectivity index (χ2v) is 3.33. The van der Waals surface area contributed by atoms with Gasteiger partial charge in [0.2, 0.25) is 0 Å². The fourth-order valence-electron chi connectivity index (χ4n) is 1.49. The summed E-state index contributed by atoms with van der Waals surface area (Å²) < 4.78 is 26.2. The molecule has 2 rings (SSSR count). The number of benzene rings is 1. The molecule has 0 radical (unpaired) electrons. The van der Waals surface area contributed by atoms with Gasteiger partial charge in [-0.1, -0.05) is 18.2 Å². The van der Waals surface area contributed by atoms with Gasteiger partial charge in [-0.3, -0.25) is 4.98 Å². The van der Waals surface area contributed by atoms with Crippen LogP contribution >= 0.6 is 0 Å². The molecule has 1 N–H and O–H groups in total. The molecular weight excluding hydrogens is 228 g/mol. The van der Waals surface area contributed by atoms with E-state index in [-0.39, 0.29) is 16.8 Å². The summed E-state index contributed by atoms with van der Waals surface area (Å²) in [5, 5.41) is 8.95. The number of carboxylic acid groups (broad SMARTS) is 1. The Morgan fingerprint density at radius 2 is 1.94 bits per heavy atom. The van der Waals surface area contributed by atoms with Crippen LogP contribution in [0.5, 0.6) is 0 Å². The number of pyridine rings is 1. The van der Waals surface area contributed by atoms with Crippen LogP contribution in [0.25, 0.3) is 11.3 Å². The SMILES string of the molecule is O=C(O)c1ccccc1-c1ncc(F)cc1F. The fourth-order valence-corrected chi connectivity index (χ4v) is 1.49. The van der Waals surface area contributed by atoms with Gasteiger partial charge in [-0.25, -0.2) is 13.6 Å². The van der Waals surface area contributed by atoms with Gasteiger partial charge in [-0.2, -0.15) is 0 Å². The van der Waals surface area contributed by atoms with Crippen molar-refractivity contribution in [1.29, 1.82) is 0 Å². The van der Waals surface area contributed by atoms with Crippen LogP contribution in [0.1, 0.15) is 10.4 Å². The number of hydrogen-bond donors (Lipinski definition) is 1. The Hall–Kier alpha value is -2.30. The van der Waals surface area contributed by atoms with E-state index in [0.29, 0.717) is 6.07 Å². The standard InChI is InChI=1S/C12H7F2NO2/c13-7-5-10(14)11(15-6-7)8-3-1-2-4-9(8)12(16)17/h1-6H,(H,16,17). The van der Waals surface area contributed by atoms with E-state index < -0.39 is 17.6 Å². The second-order valence-electron chi connectivity index (χ2n) is 3.33. The molecule has 1 aromatic carbocycles. The van der Waals surface area contributed by atoms with Gasteiger partial charge in [0.1, 0.15) is 11.5 Å². The molecule has 0 saturated heterocycles. The van der Waals surface area contributed by atoms with Crippen LogP contribution in [0.3, 0.4) is 0 Å². The Labute approximate surface area is 95.4 Å². The Bertz CT molecular complexity index is 584. The molecule has 1 aromatic heterocycles. The van der Waals surface area contributed by atoms with Crippen molar-refractivity contribution in [2.75, 3.05) is 0 Å². The monoisotopic (exact) mass is 235 g/mol. The lowest BCUT2D eigenvalue weighted by Crippen LogP contribution is -2.01. The predicted octanol–water partition coefficient (Wildman–Crippen LogP) is 2.73. The zero-order valence-electron chi connectivity index (χ0n) is 8.52. The van der Waals surface area contributed by atoms with Gasteiger partial charge >= 0.3 is 5.97 Å². The predicted molar refractivity (Wildman–Crippen MR) is 56.5 cm³/mol. The van der Waals surface area contributed by atoms with Crippen molar-refractivity contribution in [3.8, 4) is 11.3 Å². The highest BCUT2D eigenvalue weighted by Gasteiger charge is 2.15. The average molecular weight is 235 g/mol. The summed E-state index contributed by atoms with van der Waals surface area (Å²) >= 11 is 0. The number of aromatic carboxylic acids is 1. The number of rotatable bonds is 2. The molecule has 5 heteroatoms. The minimum absolute atomic E-state index is 0.0782. The summed E-state index contributed by atoms with van der Waals surface area (Å²) in [5.41, 5.74) is -0.132. The van der Waals surface area contributed by atoms with Gasteiger partial charge in [-0.05, 0) is 6.07 Å². The van der Waals surface area contributed by atoms with E-state index in [1.807, 2.05) is 0 Å². The Balaban J connectivity index is 2.64. The van der Waals surface area contributed by atoms with Crippen molar-refractivity contribution in [3.63, 3.8) is 0 Å². The molecule has 0 atom stereocenters. The summed E-state index contributed by atoms with van der Waals surface area (Å²) in [6, 6.07) is 6.51. The summed E-state index contributed by atoms with van der Waals surface area (Å²) in [6.07, 6.45) is 0.844. The summed E-state index contributed by atoms with van der Waals surface area (Å²) in [4.78, 5) is 14.5. The lowest BCUT2D eigenvalue weighted by atomic mass is 10.0. The molecule has 0 unspecified atom stereocenters. The summed E-state index contributed by atoms with van der Waals surface area (Å²) in [5.74, 6) is -2.89. The van der Waals surface area contributed by atoms with Crippen molar-refractivity contribution in [2.24, 2.45) is 0 Å². The first kappa shape index (κ1) is 11.2. The molecule has 0 aliphatic heterocycles. The van der Waals surface area contributed by atoms with Crippen LogP contribution in [0.15, 0.2) is 36.5 Å². The molecule has 0 saturated carbocycles. The topological polar surface area (TPSA) is 50.2 Å². The molecule has 3 nitrogen and oxygen atoms in total. The number of carbonyl (C=O) groups is 1. The van der Waals surface area contributed by atoms with E-state index >= 15 is 0 Å². The van der Waals surface area contributed by atoms with E-state index in [9.17, 15) is 13.6 Å². The number of hydrogen-bond acceptors (Lipinski definition) is 2. The molecule has 86 valence electrons. The van der Waals surface area contributed by atoms with Crippen molar-refractivity contribution in [3.05, 3.63) is 53.7 Å². The number of aromatic nitrogens is 1. The minimum atomic E-state index is -1.19. The van der Waals surface area contributed by atoms with Crippen molar-refractivity contribution < 1.29 is 18.7 Å². The number of carboxylic acids is 1. The van der Waals surface area contributed by atoms with Crippen molar-refractivity contribution in [1.82, 2.24) is 4.98 Å². The Morgan fingerprint density at radius 3 is 2.59 bits per heavy atom. The van der Waals surface area contributed by atoms with Crippen LogP contribution in [-0.4, -0.2) is 16.1 Å². The molecule has 0 fully saturated rings. The van der Waals surface area contributed by atoms with Gasteiger partial charge in [0.05, 0.1) is 11.8 Å². The second kappa shape index (κ2) is 4.29. The van der Waals surface area contributed by atoms with E-state index in [1.165, 1.54) is 18.2 Å². The third kappa shape index (κ3) is 2.13. The maximum atomic E-state index is 13.5. The highest BCUT2D eigenvalue weighted by Crippen LogP contribution is 2.24. The molecule has 17 heavy (non-hydrogen) atoms. The van der Waals surface area contributed by atoms with Crippen LogP contribution in [0.2, 0.25) is 0 Å².